The van der Waals surface area contributed by atoms with Crippen molar-refractivity contribution in [3.05, 3.63) is 33.1 Å². The van der Waals surface area contributed by atoms with Crippen LogP contribution in [-0.2, 0) is 33.0 Å². The van der Waals surface area contributed by atoms with Gasteiger partial charge in [-0.2, -0.15) is 0 Å². The van der Waals surface area contributed by atoms with Gasteiger partial charge in [0, 0.05) is 12.3 Å². The van der Waals surface area contributed by atoms with E-state index in [-0.39, 0.29) is 12.3 Å². The summed E-state index contributed by atoms with van der Waals surface area (Å²) in [4.78, 5) is 103. The van der Waals surface area contributed by atoms with Crippen LogP contribution < -0.4 is 11.2 Å². The van der Waals surface area contributed by atoms with E-state index in [1.54, 1.807) is 0 Å². The molecule has 0 saturated carbocycles. The minimum atomic E-state index is -7.06. The van der Waals surface area contributed by atoms with Gasteiger partial charge in [-0.1, -0.05) is 0 Å². The quantitative estimate of drug-likeness (QED) is 0.139. The summed E-state index contributed by atoms with van der Waals surface area (Å²) in [5.41, 5.74) is -8.02. The number of hydrogen-bond acceptors (Lipinski definition) is 10. The zero-order chi connectivity index (χ0) is 26.1. The molecule has 2 rings (SSSR count). The second-order valence-electron chi connectivity index (χ2n) is 6.46. The van der Waals surface area contributed by atoms with Crippen LogP contribution in [0.4, 0.5) is 0 Å². The fourth-order valence-corrected chi connectivity index (χ4v) is 10.1. The van der Waals surface area contributed by atoms with Crippen LogP contribution in [0.1, 0.15) is 0 Å². The number of phosphoric acid groups is 1. The van der Waals surface area contributed by atoms with Gasteiger partial charge < -0.3 is 54.1 Å². The van der Waals surface area contributed by atoms with Crippen LogP contribution in [-0.4, -0.2) is 82.3 Å². The highest BCUT2D eigenvalue weighted by Crippen LogP contribution is 2.84. The molecular weight excluding hydrogens is 548 g/mol. The SMILES string of the molecule is O=c1ccn([C@]2(P(=O)(O)O)O[C@H](CO)[C@](O)(P(=O)(O)O)[C@]2(OP(=O)(O)O)P(=O)(O)O)c(=O)[nH]1. The minimum absolute atomic E-state index is 0.0492. The van der Waals surface area contributed by atoms with Crippen LogP contribution >= 0.6 is 30.6 Å². The smallest absolute Gasteiger partial charge is 0.394 e. The van der Waals surface area contributed by atoms with E-state index in [4.69, 9.17) is 0 Å². The van der Waals surface area contributed by atoms with E-state index in [0.717, 1.165) is 0 Å². The van der Waals surface area contributed by atoms with Crippen LogP contribution in [0.2, 0.25) is 0 Å². The summed E-state index contributed by atoms with van der Waals surface area (Å²) in [5, 5.41) is 10.3. The van der Waals surface area contributed by atoms with Gasteiger partial charge in [0.2, 0.25) is 5.34 Å². The van der Waals surface area contributed by atoms with Crippen molar-refractivity contribution in [3.63, 3.8) is 0 Å². The standard InChI is InChI=1S/C9H16N2O18P4/c12-3-4-7(15,30(16,17)18)8(31(19,20)21,29-33(25,26)27)9(28-4,32(22,23)24)11-2-1-5(13)10-6(11)14/h1-2,4,12,15H,3H2,(H,10,13,14)(H2,16,17,18)(H2,19,20,21)(H2,22,23,24)(H2,25,26,27)/t4-,7+,8+,9+/m1/s1. The van der Waals surface area contributed by atoms with E-state index in [9.17, 15) is 77.2 Å². The molecule has 190 valence electrons. The molecule has 33 heavy (non-hydrogen) atoms. The zero-order valence-corrected chi connectivity index (χ0v) is 19.0. The van der Waals surface area contributed by atoms with Gasteiger partial charge in [0.1, 0.15) is 6.10 Å². The maximum atomic E-state index is 12.6. The van der Waals surface area contributed by atoms with Crippen molar-refractivity contribution in [2.24, 2.45) is 0 Å². The second kappa shape index (κ2) is 8.08. The zero-order valence-electron chi connectivity index (χ0n) is 15.4. The first-order chi connectivity index (χ1) is 14.5. The lowest BCUT2D eigenvalue weighted by atomic mass is 10.1. The molecule has 0 bridgehead atoms. The third kappa shape index (κ3) is 3.91. The molecule has 0 radical (unpaired) electrons. The fourth-order valence-electron chi connectivity index (χ4n) is 3.41. The summed E-state index contributed by atoms with van der Waals surface area (Å²) in [5.74, 6) is 0. The number of nitrogens with zero attached hydrogens (tertiary/aromatic N) is 1. The number of ether oxygens (including phenoxy) is 1. The summed E-state index contributed by atoms with van der Waals surface area (Å²) in [6, 6.07) is 0.271. The summed E-state index contributed by atoms with van der Waals surface area (Å²) in [6.07, 6.45) is -3.13. The maximum absolute atomic E-state index is 12.6. The summed E-state index contributed by atoms with van der Waals surface area (Å²) >= 11 is 0. The molecule has 1 aliphatic rings. The molecule has 0 aliphatic carbocycles. The summed E-state index contributed by atoms with van der Waals surface area (Å²) in [6.45, 7) is -1.92. The molecule has 1 aromatic heterocycles. The molecule has 0 unspecified atom stereocenters. The molecule has 1 fully saturated rings. The average molecular weight is 564 g/mol. The fraction of sp³-hybridized carbons (Fsp3) is 0.556. The Hall–Kier alpha value is -0.880. The molecule has 1 aliphatic heterocycles. The van der Waals surface area contributed by atoms with E-state index in [0.29, 0.717) is 0 Å². The number of phosphoric ester groups is 1. The highest BCUT2D eigenvalue weighted by Gasteiger charge is 2.93. The van der Waals surface area contributed by atoms with E-state index in [2.05, 4.69) is 9.26 Å². The van der Waals surface area contributed by atoms with Gasteiger partial charge in [0.05, 0.1) is 6.61 Å². The monoisotopic (exact) mass is 564 g/mol. The predicted molar refractivity (Wildman–Crippen MR) is 98.2 cm³/mol. The predicted octanol–water partition coefficient (Wildman–Crippen LogP) is -4.43. The summed E-state index contributed by atoms with van der Waals surface area (Å²) in [7, 11) is -27.1. The molecular formula is C9H16N2O18P4. The third-order valence-corrected chi connectivity index (χ3v) is 9.99. The molecule has 4 atom stereocenters. The first kappa shape index (κ1) is 28.4. The van der Waals surface area contributed by atoms with Gasteiger partial charge in [0.15, 0.2) is 0 Å². The van der Waals surface area contributed by atoms with E-state index in [1.807, 2.05) is 0 Å². The van der Waals surface area contributed by atoms with Crippen LogP contribution in [0.15, 0.2) is 21.9 Å². The molecule has 1 aromatic rings. The molecule has 1 saturated heterocycles. The molecule has 24 heteroatoms. The number of aliphatic hydroxyl groups excluding tert-OH is 1. The number of rotatable bonds is 7. The Labute approximate surface area is 179 Å². The average Bonchev–Trinajstić information content (AvgIpc) is 2.81. The lowest BCUT2D eigenvalue weighted by Gasteiger charge is -2.47. The molecule has 11 N–H and O–H groups in total. The van der Waals surface area contributed by atoms with Gasteiger partial charge in [-0.05, 0) is 0 Å². The Morgan fingerprint density at radius 1 is 0.970 bits per heavy atom. The van der Waals surface area contributed by atoms with Crippen molar-refractivity contribution < 1.29 is 76.9 Å². The summed E-state index contributed by atoms with van der Waals surface area (Å²) < 4.78 is 57.0. The molecule has 2 heterocycles. The number of aliphatic hydroxyl groups is 2. The third-order valence-electron chi connectivity index (χ3n) is 4.51. The van der Waals surface area contributed by atoms with Gasteiger partial charge in [-0.15, -0.1) is 0 Å². The lowest BCUT2D eigenvalue weighted by molar-refractivity contribution is -0.122. The molecule has 0 spiro atoms. The van der Waals surface area contributed by atoms with Crippen molar-refractivity contribution in [2.45, 2.75) is 22.3 Å². The normalized spacial score (nSPS) is 31.6. The number of hydrogen-bond donors (Lipinski definition) is 11. The maximum Gasteiger partial charge on any atom is 0.471 e. The first-order valence-electron chi connectivity index (χ1n) is 7.80. The van der Waals surface area contributed by atoms with E-state index < -0.39 is 75.3 Å². The Morgan fingerprint density at radius 2 is 1.48 bits per heavy atom. The first-order valence-corrected chi connectivity index (χ1v) is 14.2. The lowest BCUT2D eigenvalue weighted by Crippen LogP contribution is -2.66. The highest BCUT2D eigenvalue weighted by molar-refractivity contribution is 7.61. The Morgan fingerprint density at radius 3 is 1.82 bits per heavy atom. The van der Waals surface area contributed by atoms with Crippen molar-refractivity contribution in [1.29, 1.82) is 0 Å². The van der Waals surface area contributed by atoms with Gasteiger partial charge in [0.25, 0.3) is 16.4 Å². The molecule has 0 amide bonds. The number of aromatic amines is 1. The Kier molecular flexibility index (Phi) is 6.94. The topological polar surface area (TPSA) is 344 Å². The van der Waals surface area contributed by atoms with Crippen LogP contribution in [0, 0.1) is 0 Å². The van der Waals surface area contributed by atoms with E-state index >= 15 is 0 Å². The molecule has 0 aromatic carbocycles. The van der Waals surface area contributed by atoms with Crippen LogP contribution in [0.5, 0.6) is 0 Å². The van der Waals surface area contributed by atoms with Gasteiger partial charge in [-0.25, -0.2) is 9.36 Å². The Balaban J connectivity index is 3.41. The largest absolute Gasteiger partial charge is 0.471 e. The van der Waals surface area contributed by atoms with Crippen molar-refractivity contribution in [3.8, 4) is 0 Å². The van der Waals surface area contributed by atoms with Crippen LogP contribution in [0.3, 0.4) is 0 Å². The van der Waals surface area contributed by atoms with Gasteiger partial charge in [-0.3, -0.25) is 32.6 Å². The number of nitrogens with one attached hydrogen (secondary N) is 1. The second-order valence-corrected chi connectivity index (χ2v) is 12.8. The minimum Gasteiger partial charge on any atom is -0.394 e. The number of H-pyrrole nitrogens is 1. The number of aromatic nitrogens is 2. The van der Waals surface area contributed by atoms with Gasteiger partial charge >= 0.3 is 36.3 Å². The highest BCUT2D eigenvalue weighted by atomic mass is 31.2. The van der Waals surface area contributed by atoms with Crippen LogP contribution in [0.25, 0.3) is 0 Å². The van der Waals surface area contributed by atoms with E-state index in [1.165, 1.54) is 4.98 Å². The molecule has 20 nitrogen and oxygen atoms in total. The van der Waals surface area contributed by atoms with Crippen molar-refractivity contribution >= 4 is 30.6 Å². The van der Waals surface area contributed by atoms with Crippen molar-refractivity contribution in [1.82, 2.24) is 9.55 Å². The Bertz CT molecular complexity index is 1250. The van der Waals surface area contributed by atoms with Crippen molar-refractivity contribution in [2.75, 3.05) is 6.61 Å².